The highest BCUT2D eigenvalue weighted by molar-refractivity contribution is 6.01. The van der Waals surface area contributed by atoms with Crippen LogP contribution in [0.4, 0.5) is 5.69 Å². The zero-order valence-electron chi connectivity index (χ0n) is 19.9. The van der Waals surface area contributed by atoms with Gasteiger partial charge in [0.1, 0.15) is 17.4 Å². The van der Waals surface area contributed by atoms with Crippen LogP contribution in [0.25, 0.3) is 0 Å². The normalized spacial score (nSPS) is 16.2. The third-order valence-corrected chi connectivity index (χ3v) is 4.95. The molecule has 0 spiro atoms. The van der Waals surface area contributed by atoms with E-state index in [1.807, 2.05) is 0 Å². The Labute approximate surface area is 193 Å². The average Bonchev–Trinajstić information content (AvgIpc) is 2.72. The van der Waals surface area contributed by atoms with Crippen LogP contribution in [0.1, 0.15) is 52.1 Å². The number of pyridine rings is 1. The second-order valence-electron chi connectivity index (χ2n) is 8.68. The summed E-state index contributed by atoms with van der Waals surface area (Å²) < 4.78 is 21.4. The minimum absolute atomic E-state index is 0.0102. The maximum absolute atomic E-state index is 12.8. The van der Waals surface area contributed by atoms with Gasteiger partial charge < -0.3 is 23.8 Å². The summed E-state index contributed by atoms with van der Waals surface area (Å²) in [6.07, 6.45) is 1.34. The molecule has 1 saturated heterocycles. The summed E-state index contributed by atoms with van der Waals surface area (Å²) in [5.41, 5.74) is -1.76. The molecule has 2 heterocycles. The first kappa shape index (κ1) is 26.5. The molecule has 0 aliphatic carbocycles. The van der Waals surface area contributed by atoms with Crippen LogP contribution < -0.4 is 4.74 Å². The maximum Gasteiger partial charge on any atom is 0.327 e. The molecule has 184 valence electrons. The lowest BCUT2D eigenvalue weighted by atomic mass is 10.0. The predicted octanol–water partition coefficient (Wildman–Crippen LogP) is 2.47. The maximum atomic E-state index is 12.8. The number of hydrogen-bond donors (Lipinski definition) is 0. The first-order chi connectivity index (χ1) is 15.6. The van der Waals surface area contributed by atoms with Crippen LogP contribution in [-0.4, -0.2) is 78.4 Å². The first-order valence-corrected chi connectivity index (χ1v) is 11.0. The molecule has 0 N–H and O–H groups in total. The Balaban J connectivity index is 2.29. The van der Waals surface area contributed by atoms with Crippen LogP contribution in [0.2, 0.25) is 0 Å². The number of aromatic nitrogens is 1. The van der Waals surface area contributed by atoms with E-state index in [0.29, 0.717) is 6.61 Å². The Morgan fingerprint density at radius 2 is 1.91 bits per heavy atom. The number of nitro groups is 1. The molecule has 0 aromatic carbocycles. The molecule has 1 fully saturated rings. The molecule has 0 saturated carbocycles. The van der Waals surface area contributed by atoms with Crippen LogP contribution >= 0.6 is 0 Å². The fourth-order valence-electron chi connectivity index (χ4n) is 3.43. The third-order valence-electron chi connectivity index (χ3n) is 4.95. The molecule has 11 nitrogen and oxygen atoms in total. The zero-order valence-corrected chi connectivity index (χ0v) is 19.9. The SMILES string of the molecule is CCOC(=O)C(C(=O)OC(C)(C)C)c1nc(OC2CCN(CCOC)CC2)ccc1[N+](=O)[O-]. The minimum Gasteiger partial charge on any atom is -0.474 e. The fourth-order valence-corrected chi connectivity index (χ4v) is 3.43. The van der Waals surface area contributed by atoms with Crippen LogP contribution in [0.15, 0.2) is 12.1 Å². The number of carbonyl (C=O) groups excluding carboxylic acids is 2. The molecule has 11 heteroatoms. The van der Waals surface area contributed by atoms with E-state index in [4.69, 9.17) is 18.9 Å². The summed E-state index contributed by atoms with van der Waals surface area (Å²) in [5, 5.41) is 11.6. The number of methoxy groups -OCH3 is 1. The van der Waals surface area contributed by atoms with E-state index >= 15 is 0 Å². The number of esters is 2. The molecule has 1 aliphatic heterocycles. The molecule has 0 bridgehead atoms. The van der Waals surface area contributed by atoms with Crippen LogP contribution in [0.3, 0.4) is 0 Å². The topological polar surface area (TPSA) is 130 Å². The summed E-state index contributed by atoms with van der Waals surface area (Å²) in [6, 6.07) is 2.55. The lowest BCUT2D eigenvalue weighted by Gasteiger charge is -2.31. The van der Waals surface area contributed by atoms with Gasteiger partial charge in [-0.1, -0.05) is 0 Å². The zero-order chi connectivity index (χ0) is 24.6. The Hall–Kier alpha value is -2.79. The van der Waals surface area contributed by atoms with E-state index in [1.54, 1.807) is 34.8 Å². The molecule has 1 aliphatic rings. The number of rotatable bonds is 10. The molecule has 0 radical (unpaired) electrons. The minimum atomic E-state index is -1.70. The number of carbonyl (C=O) groups is 2. The molecule has 1 aromatic heterocycles. The van der Waals surface area contributed by atoms with E-state index in [-0.39, 0.29) is 24.3 Å². The summed E-state index contributed by atoms with van der Waals surface area (Å²) in [6.45, 7) is 9.58. The molecule has 2 rings (SSSR count). The molecule has 1 aromatic rings. The Kier molecular flexibility index (Phi) is 9.54. The van der Waals surface area contributed by atoms with Crippen molar-refractivity contribution in [3.05, 3.63) is 27.9 Å². The lowest BCUT2D eigenvalue weighted by molar-refractivity contribution is -0.386. The van der Waals surface area contributed by atoms with Crippen molar-refractivity contribution < 1.29 is 33.5 Å². The summed E-state index contributed by atoms with van der Waals surface area (Å²) in [5.74, 6) is -3.54. The van der Waals surface area contributed by atoms with Crippen LogP contribution in [-0.2, 0) is 23.8 Å². The molecule has 0 amide bonds. The van der Waals surface area contributed by atoms with Gasteiger partial charge in [-0.15, -0.1) is 0 Å². The van der Waals surface area contributed by atoms with Crippen molar-refractivity contribution >= 4 is 17.6 Å². The van der Waals surface area contributed by atoms with Gasteiger partial charge >= 0.3 is 11.9 Å². The largest absolute Gasteiger partial charge is 0.474 e. The number of piperidine rings is 1. The van der Waals surface area contributed by atoms with Crippen molar-refractivity contribution in [1.29, 1.82) is 0 Å². The Bertz CT molecular complexity index is 831. The van der Waals surface area contributed by atoms with Gasteiger partial charge in [-0.05, 0) is 40.5 Å². The van der Waals surface area contributed by atoms with Gasteiger partial charge in [0.15, 0.2) is 0 Å². The van der Waals surface area contributed by atoms with Gasteiger partial charge in [0.25, 0.3) is 5.69 Å². The number of nitrogens with zero attached hydrogens (tertiary/aromatic N) is 3. The van der Waals surface area contributed by atoms with Gasteiger partial charge in [0.2, 0.25) is 11.8 Å². The van der Waals surface area contributed by atoms with Gasteiger partial charge in [-0.2, -0.15) is 0 Å². The smallest absolute Gasteiger partial charge is 0.327 e. The summed E-state index contributed by atoms with van der Waals surface area (Å²) >= 11 is 0. The number of ether oxygens (including phenoxy) is 4. The van der Waals surface area contributed by atoms with Gasteiger partial charge in [-0.25, -0.2) is 4.98 Å². The lowest BCUT2D eigenvalue weighted by Crippen LogP contribution is -2.39. The highest BCUT2D eigenvalue weighted by Crippen LogP contribution is 2.31. The van der Waals surface area contributed by atoms with Crippen molar-refractivity contribution in [2.45, 2.75) is 58.2 Å². The molecule has 1 unspecified atom stereocenters. The van der Waals surface area contributed by atoms with Gasteiger partial charge in [0, 0.05) is 38.9 Å². The van der Waals surface area contributed by atoms with Gasteiger partial charge in [-0.3, -0.25) is 19.7 Å². The van der Waals surface area contributed by atoms with Crippen molar-refractivity contribution in [1.82, 2.24) is 9.88 Å². The number of hydrogen-bond acceptors (Lipinski definition) is 10. The van der Waals surface area contributed by atoms with Crippen LogP contribution in [0, 0.1) is 10.1 Å². The van der Waals surface area contributed by atoms with E-state index in [0.717, 1.165) is 32.5 Å². The third kappa shape index (κ3) is 7.93. The van der Waals surface area contributed by atoms with E-state index in [1.165, 1.54) is 12.1 Å². The van der Waals surface area contributed by atoms with Crippen molar-refractivity contribution in [3.8, 4) is 5.88 Å². The standard InChI is InChI=1S/C22H33N3O8/c1-6-31-20(26)18(21(27)33-22(2,3)4)19-16(25(28)29)7-8-17(23-19)32-15-9-11-24(12-10-15)13-14-30-5/h7-8,15,18H,6,9-14H2,1-5H3. The van der Waals surface area contributed by atoms with Gasteiger partial charge in [0.05, 0.1) is 18.1 Å². The molecular formula is C22H33N3O8. The first-order valence-electron chi connectivity index (χ1n) is 11.0. The second kappa shape index (κ2) is 11.9. The molecule has 1 atom stereocenters. The highest BCUT2D eigenvalue weighted by Gasteiger charge is 2.40. The molecule has 33 heavy (non-hydrogen) atoms. The monoisotopic (exact) mass is 467 g/mol. The highest BCUT2D eigenvalue weighted by atomic mass is 16.6. The van der Waals surface area contributed by atoms with Crippen molar-refractivity contribution in [2.75, 3.05) is 40.0 Å². The fraction of sp³-hybridized carbons (Fsp3) is 0.682. The van der Waals surface area contributed by atoms with E-state index in [2.05, 4.69) is 9.88 Å². The predicted molar refractivity (Wildman–Crippen MR) is 118 cm³/mol. The van der Waals surface area contributed by atoms with Crippen molar-refractivity contribution in [3.63, 3.8) is 0 Å². The van der Waals surface area contributed by atoms with E-state index in [9.17, 15) is 19.7 Å². The Morgan fingerprint density at radius 1 is 1.24 bits per heavy atom. The average molecular weight is 468 g/mol. The van der Waals surface area contributed by atoms with Crippen LogP contribution in [0.5, 0.6) is 5.88 Å². The molecular weight excluding hydrogens is 434 g/mol. The summed E-state index contributed by atoms with van der Waals surface area (Å²) in [4.78, 5) is 42.9. The number of likely N-dealkylation sites (tertiary alicyclic amines) is 1. The second-order valence-corrected chi connectivity index (χ2v) is 8.68. The quantitative estimate of drug-likeness (QED) is 0.219. The van der Waals surface area contributed by atoms with E-state index < -0.39 is 34.1 Å². The Morgan fingerprint density at radius 3 is 2.45 bits per heavy atom. The van der Waals surface area contributed by atoms with Crippen molar-refractivity contribution in [2.24, 2.45) is 0 Å². The summed E-state index contributed by atoms with van der Waals surface area (Å²) in [7, 11) is 1.66.